The predicted octanol–water partition coefficient (Wildman–Crippen LogP) is 3.12. The summed E-state index contributed by atoms with van der Waals surface area (Å²) in [6.07, 6.45) is 4.26. The number of benzene rings is 1. The molecule has 0 aliphatic carbocycles. The molecule has 0 heterocycles. The fourth-order valence-electron chi connectivity index (χ4n) is 2.03. The van der Waals surface area contributed by atoms with E-state index in [0.717, 1.165) is 44.3 Å². The van der Waals surface area contributed by atoms with Gasteiger partial charge in [0.1, 0.15) is 6.04 Å². The van der Waals surface area contributed by atoms with Crippen LogP contribution in [0.2, 0.25) is 0 Å². The highest BCUT2D eigenvalue weighted by atomic mass is 16.2. The van der Waals surface area contributed by atoms with Gasteiger partial charge in [0, 0.05) is 13.1 Å². The van der Waals surface area contributed by atoms with Crippen molar-refractivity contribution in [2.75, 3.05) is 13.1 Å². The second-order valence-electron chi connectivity index (χ2n) is 4.92. The molecule has 3 nitrogen and oxygen atoms in total. The van der Waals surface area contributed by atoms with Gasteiger partial charge in [-0.25, -0.2) is 0 Å². The van der Waals surface area contributed by atoms with E-state index >= 15 is 0 Å². The van der Waals surface area contributed by atoms with Crippen molar-refractivity contribution in [2.45, 2.75) is 45.6 Å². The van der Waals surface area contributed by atoms with Crippen molar-refractivity contribution >= 4 is 5.91 Å². The van der Waals surface area contributed by atoms with Gasteiger partial charge < -0.3 is 10.6 Å². The molecule has 19 heavy (non-hydrogen) atoms. The first-order valence-corrected chi connectivity index (χ1v) is 7.30. The summed E-state index contributed by atoms with van der Waals surface area (Å²) >= 11 is 0. The first-order chi connectivity index (χ1) is 9.20. The Morgan fingerprint density at radius 1 is 1.11 bits per heavy atom. The number of hydrogen-bond acceptors (Lipinski definition) is 2. The molecule has 0 radical (unpaired) electrons. The molecule has 3 heteroatoms. The molecule has 2 N–H and O–H groups in total. The lowest BCUT2D eigenvalue weighted by Gasteiger charge is -2.25. The Labute approximate surface area is 116 Å². The number of carbonyl (C=O) groups excluding carboxylic acids is 1. The average Bonchev–Trinajstić information content (AvgIpc) is 2.47. The van der Waals surface area contributed by atoms with E-state index in [1.807, 2.05) is 35.2 Å². The van der Waals surface area contributed by atoms with Gasteiger partial charge in [0.25, 0.3) is 0 Å². The summed E-state index contributed by atoms with van der Waals surface area (Å²) in [6.45, 7) is 5.91. The number of carbonyl (C=O) groups is 1. The van der Waals surface area contributed by atoms with E-state index < -0.39 is 6.04 Å². The number of nitrogens with two attached hydrogens (primary N) is 1. The maximum absolute atomic E-state index is 12.5. The monoisotopic (exact) mass is 262 g/mol. The van der Waals surface area contributed by atoms with E-state index in [1.165, 1.54) is 0 Å². The number of nitrogens with zero attached hydrogens (tertiary/aromatic N) is 1. The predicted molar refractivity (Wildman–Crippen MR) is 79.8 cm³/mol. The van der Waals surface area contributed by atoms with Gasteiger partial charge in [0.2, 0.25) is 5.91 Å². The summed E-state index contributed by atoms with van der Waals surface area (Å²) in [5.74, 6) is 0.0492. The topological polar surface area (TPSA) is 46.3 Å². The highest BCUT2D eigenvalue weighted by Gasteiger charge is 2.21. The van der Waals surface area contributed by atoms with Crippen LogP contribution in [0.1, 0.15) is 51.1 Å². The van der Waals surface area contributed by atoms with Crippen molar-refractivity contribution in [1.82, 2.24) is 4.90 Å². The van der Waals surface area contributed by atoms with Crippen molar-refractivity contribution in [3.8, 4) is 0 Å². The summed E-state index contributed by atoms with van der Waals surface area (Å²) in [6, 6.07) is 9.08. The van der Waals surface area contributed by atoms with E-state index in [-0.39, 0.29) is 5.91 Å². The van der Waals surface area contributed by atoms with Crippen LogP contribution in [0.4, 0.5) is 0 Å². The summed E-state index contributed by atoms with van der Waals surface area (Å²) in [5, 5.41) is 0. The first-order valence-electron chi connectivity index (χ1n) is 7.30. The van der Waals surface area contributed by atoms with Crippen LogP contribution in [-0.2, 0) is 4.79 Å². The normalized spacial score (nSPS) is 12.2. The van der Waals surface area contributed by atoms with E-state index in [2.05, 4.69) is 13.8 Å². The standard InChI is InChI=1S/C16H26N2O/c1-3-5-12-18(13-6-4-2)16(19)15(17)14-10-8-7-9-11-14/h7-11,15H,3-6,12-13,17H2,1-2H3/t15-/m0/s1. The molecule has 0 spiro atoms. The van der Waals surface area contributed by atoms with E-state index in [0.29, 0.717) is 0 Å². The minimum absolute atomic E-state index is 0.0492. The number of unbranched alkanes of at least 4 members (excludes halogenated alkanes) is 2. The molecule has 106 valence electrons. The van der Waals surface area contributed by atoms with E-state index in [9.17, 15) is 4.79 Å². The Morgan fingerprint density at radius 2 is 1.63 bits per heavy atom. The quantitative estimate of drug-likeness (QED) is 0.782. The van der Waals surface area contributed by atoms with Crippen molar-refractivity contribution in [1.29, 1.82) is 0 Å². The summed E-state index contributed by atoms with van der Waals surface area (Å²) in [7, 11) is 0. The molecule has 0 aliphatic heterocycles. The second kappa shape index (κ2) is 8.70. The highest BCUT2D eigenvalue weighted by molar-refractivity contribution is 5.83. The Morgan fingerprint density at radius 3 is 2.11 bits per heavy atom. The molecule has 0 unspecified atom stereocenters. The van der Waals surface area contributed by atoms with Crippen LogP contribution in [0.15, 0.2) is 30.3 Å². The molecule has 1 amide bonds. The van der Waals surface area contributed by atoms with Crippen LogP contribution in [-0.4, -0.2) is 23.9 Å². The minimum atomic E-state index is -0.532. The number of hydrogen-bond donors (Lipinski definition) is 1. The number of rotatable bonds is 8. The maximum atomic E-state index is 12.5. The van der Waals surface area contributed by atoms with Crippen molar-refractivity contribution in [3.05, 3.63) is 35.9 Å². The van der Waals surface area contributed by atoms with Crippen LogP contribution in [0, 0.1) is 0 Å². The summed E-state index contributed by atoms with van der Waals surface area (Å²) in [5.41, 5.74) is 6.99. The zero-order chi connectivity index (χ0) is 14.1. The molecule has 0 bridgehead atoms. The molecule has 0 saturated carbocycles. The third-order valence-electron chi connectivity index (χ3n) is 3.30. The van der Waals surface area contributed by atoms with Gasteiger partial charge in [-0.05, 0) is 18.4 Å². The Balaban J connectivity index is 2.68. The zero-order valence-electron chi connectivity index (χ0n) is 12.1. The molecule has 1 rings (SSSR count). The van der Waals surface area contributed by atoms with Gasteiger partial charge in [-0.1, -0.05) is 57.0 Å². The van der Waals surface area contributed by atoms with Crippen LogP contribution in [0.3, 0.4) is 0 Å². The molecule has 0 aromatic heterocycles. The molecule has 1 aromatic rings. The number of amides is 1. The fourth-order valence-corrected chi connectivity index (χ4v) is 2.03. The Hall–Kier alpha value is -1.35. The lowest BCUT2D eigenvalue weighted by Crippen LogP contribution is -2.39. The third kappa shape index (κ3) is 5.03. The Kier molecular flexibility index (Phi) is 7.19. The molecular weight excluding hydrogens is 236 g/mol. The molecule has 0 aliphatic rings. The van der Waals surface area contributed by atoms with Gasteiger partial charge in [-0.15, -0.1) is 0 Å². The molecular formula is C16H26N2O. The van der Waals surface area contributed by atoms with Crippen LogP contribution >= 0.6 is 0 Å². The van der Waals surface area contributed by atoms with E-state index in [1.54, 1.807) is 0 Å². The highest BCUT2D eigenvalue weighted by Crippen LogP contribution is 2.14. The maximum Gasteiger partial charge on any atom is 0.244 e. The van der Waals surface area contributed by atoms with Gasteiger partial charge in [0.15, 0.2) is 0 Å². The molecule has 0 saturated heterocycles. The first kappa shape index (κ1) is 15.7. The van der Waals surface area contributed by atoms with Gasteiger partial charge in [-0.2, -0.15) is 0 Å². The van der Waals surface area contributed by atoms with Crippen LogP contribution < -0.4 is 5.73 Å². The molecule has 1 atom stereocenters. The second-order valence-corrected chi connectivity index (χ2v) is 4.92. The molecule has 0 fully saturated rings. The SMILES string of the molecule is CCCCN(CCCC)C(=O)[C@@H](N)c1ccccc1. The Bertz CT molecular complexity index is 356. The van der Waals surface area contributed by atoms with E-state index in [4.69, 9.17) is 5.73 Å². The van der Waals surface area contributed by atoms with Crippen molar-refractivity contribution in [2.24, 2.45) is 5.73 Å². The summed E-state index contributed by atoms with van der Waals surface area (Å²) < 4.78 is 0. The van der Waals surface area contributed by atoms with Crippen LogP contribution in [0.5, 0.6) is 0 Å². The smallest absolute Gasteiger partial charge is 0.244 e. The lowest BCUT2D eigenvalue weighted by atomic mass is 10.1. The zero-order valence-corrected chi connectivity index (χ0v) is 12.1. The largest absolute Gasteiger partial charge is 0.341 e. The van der Waals surface area contributed by atoms with Gasteiger partial charge in [-0.3, -0.25) is 4.79 Å². The average molecular weight is 262 g/mol. The van der Waals surface area contributed by atoms with Gasteiger partial charge >= 0.3 is 0 Å². The van der Waals surface area contributed by atoms with Gasteiger partial charge in [0.05, 0.1) is 0 Å². The van der Waals surface area contributed by atoms with Crippen molar-refractivity contribution in [3.63, 3.8) is 0 Å². The third-order valence-corrected chi connectivity index (χ3v) is 3.30. The minimum Gasteiger partial charge on any atom is -0.341 e. The van der Waals surface area contributed by atoms with Crippen molar-refractivity contribution < 1.29 is 4.79 Å². The van der Waals surface area contributed by atoms with Crippen LogP contribution in [0.25, 0.3) is 0 Å². The molecule has 1 aromatic carbocycles. The fraction of sp³-hybridized carbons (Fsp3) is 0.562. The lowest BCUT2D eigenvalue weighted by molar-refractivity contribution is -0.132. The summed E-state index contributed by atoms with van der Waals surface area (Å²) in [4.78, 5) is 14.4.